The summed E-state index contributed by atoms with van der Waals surface area (Å²) in [6.07, 6.45) is 4.04. The van der Waals surface area contributed by atoms with Gasteiger partial charge >= 0.3 is 6.09 Å². The zero-order valence-electron chi connectivity index (χ0n) is 23.0. The normalized spacial score (nSPS) is 15.5. The summed E-state index contributed by atoms with van der Waals surface area (Å²) in [5.41, 5.74) is 8.72. The third-order valence-electron chi connectivity index (χ3n) is 7.12. The monoisotopic (exact) mass is 580 g/mol. The van der Waals surface area contributed by atoms with Gasteiger partial charge in [-0.3, -0.25) is 4.79 Å². The third kappa shape index (κ3) is 8.80. The van der Waals surface area contributed by atoms with Crippen LogP contribution in [-0.2, 0) is 21.2 Å². The minimum absolute atomic E-state index is 0.0343. The summed E-state index contributed by atoms with van der Waals surface area (Å²) in [4.78, 5) is 24.2. The number of nitrogens with two attached hydrogens (primary N) is 1. The van der Waals surface area contributed by atoms with Gasteiger partial charge in [0.1, 0.15) is 18.0 Å². The molecule has 3 aromatic rings. The summed E-state index contributed by atoms with van der Waals surface area (Å²) in [7, 11) is -3.73. The molecule has 0 saturated heterocycles. The number of aryl methyl sites for hydroxylation is 1. The molecule has 0 heterocycles. The Hall–Kier alpha value is -3.89. The molecule has 41 heavy (non-hydrogen) atoms. The Labute approximate surface area is 240 Å². The van der Waals surface area contributed by atoms with Crippen LogP contribution in [0.2, 0.25) is 0 Å². The van der Waals surface area contributed by atoms with Crippen molar-refractivity contribution >= 4 is 22.0 Å². The lowest BCUT2D eigenvalue weighted by atomic mass is 9.96. The zero-order valence-corrected chi connectivity index (χ0v) is 23.8. The summed E-state index contributed by atoms with van der Waals surface area (Å²) in [6.45, 7) is 0. The van der Waals surface area contributed by atoms with Crippen LogP contribution in [0.25, 0.3) is 11.1 Å². The van der Waals surface area contributed by atoms with E-state index in [-0.39, 0.29) is 11.7 Å². The molecule has 4 rings (SSSR count). The summed E-state index contributed by atoms with van der Waals surface area (Å²) in [5.74, 6) is -0.383. The Morgan fingerprint density at radius 1 is 0.976 bits per heavy atom. The second-order valence-electron chi connectivity index (χ2n) is 10.4. The van der Waals surface area contributed by atoms with Gasteiger partial charge in [0.2, 0.25) is 10.0 Å². The Morgan fingerprint density at radius 3 is 2.27 bits per heavy atom. The molecule has 2 amide bonds. The maximum atomic E-state index is 12.7. The molecule has 0 bridgehead atoms. The lowest BCUT2D eigenvalue weighted by Gasteiger charge is -2.24. The maximum absolute atomic E-state index is 12.7. The number of sulfonamides is 1. The van der Waals surface area contributed by atoms with Crippen molar-refractivity contribution in [3.05, 3.63) is 89.5 Å². The van der Waals surface area contributed by atoms with Gasteiger partial charge < -0.3 is 20.3 Å². The van der Waals surface area contributed by atoms with Crippen LogP contribution in [0.3, 0.4) is 0 Å². The van der Waals surface area contributed by atoms with Gasteiger partial charge in [-0.25, -0.2) is 17.9 Å². The number of aliphatic hydroxyl groups is 1. The molecule has 218 valence electrons. The second kappa shape index (κ2) is 13.6. The molecule has 4 N–H and O–H groups in total. The van der Waals surface area contributed by atoms with Crippen LogP contribution in [0.5, 0.6) is 5.75 Å². The van der Waals surface area contributed by atoms with E-state index in [9.17, 15) is 23.1 Å². The molecular weight excluding hydrogens is 544 g/mol. The van der Waals surface area contributed by atoms with E-state index in [2.05, 4.69) is 0 Å². The van der Waals surface area contributed by atoms with Crippen LogP contribution in [0.1, 0.15) is 66.1 Å². The largest absolute Gasteiger partial charge is 0.490 e. The van der Waals surface area contributed by atoms with Crippen LogP contribution >= 0.6 is 0 Å². The van der Waals surface area contributed by atoms with Crippen molar-refractivity contribution in [2.24, 2.45) is 5.73 Å². The molecule has 0 aliphatic heterocycles. The molecule has 1 aliphatic rings. The molecule has 9 nitrogen and oxygen atoms in total. The summed E-state index contributed by atoms with van der Waals surface area (Å²) in [5, 5.41) is 10.8. The predicted octanol–water partition coefficient (Wildman–Crippen LogP) is 4.88. The van der Waals surface area contributed by atoms with Crippen molar-refractivity contribution in [3.8, 4) is 16.9 Å². The van der Waals surface area contributed by atoms with Crippen molar-refractivity contribution in [2.45, 2.75) is 63.3 Å². The number of rotatable bonds is 11. The van der Waals surface area contributed by atoms with Crippen LogP contribution in [0, 0.1) is 0 Å². The zero-order chi connectivity index (χ0) is 29.4. The van der Waals surface area contributed by atoms with Gasteiger partial charge in [0.05, 0.1) is 17.9 Å². The molecule has 0 aromatic heterocycles. The second-order valence-corrected chi connectivity index (χ2v) is 12.1. The average Bonchev–Trinajstić information content (AvgIpc) is 2.95. The minimum atomic E-state index is -3.73. The highest BCUT2D eigenvalue weighted by Gasteiger charge is 2.24. The smallest absolute Gasteiger partial charge is 0.404 e. The van der Waals surface area contributed by atoms with Crippen LogP contribution < -0.4 is 15.2 Å². The van der Waals surface area contributed by atoms with E-state index in [1.54, 1.807) is 42.5 Å². The van der Waals surface area contributed by atoms with Crippen LogP contribution in [-0.4, -0.2) is 44.0 Å². The molecule has 1 aliphatic carbocycles. The predicted molar refractivity (Wildman–Crippen MR) is 156 cm³/mol. The average molecular weight is 581 g/mol. The summed E-state index contributed by atoms with van der Waals surface area (Å²) in [6, 6.07) is 21.8. The Balaban J connectivity index is 1.50. The standard InChI is InChI=1S/C31H36N2O7S/c1-41(37,38)33-30(35)26-18-17-24(20-28(26)39-25-10-6-3-7-11-25)22-15-12-21(13-16-22)14-19-27(40-31(32)36)29(34)23-8-4-2-5-9-23/h2,4-5,8-9,12-13,15-18,20,25,27,29,34H,3,6-7,10-11,14,19H2,1H3,(H2,32,36)(H,33,35)/t27?,29-/m1/s1. The quantitative estimate of drug-likeness (QED) is 0.293. The topological polar surface area (TPSA) is 145 Å². The van der Waals surface area contributed by atoms with E-state index in [0.717, 1.165) is 55.1 Å². The number of aliphatic hydroxyl groups excluding tert-OH is 1. The molecule has 3 aromatic carbocycles. The van der Waals surface area contributed by atoms with E-state index in [1.807, 2.05) is 35.1 Å². The number of hydrogen-bond donors (Lipinski definition) is 3. The van der Waals surface area contributed by atoms with Gasteiger partial charge in [-0.05, 0) is 72.9 Å². The number of carbonyl (C=O) groups is 2. The van der Waals surface area contributed by atoms with Gasteiger partial charge in [0.15, 0.2) is 0 Å². The Kier molecular flexibility index (Phi) is 10.0. The van der Waals surface area contributed by atoms with Gasteiger partial charge in [-0.1, -0.05) is 67.1 Å². The highest BCUT2D eigenvalue weighted by atomic mass is 32.2. The van der Waals surface area contributed by atoms with Crippen molar-refractivity contribution < 1.29 is 32.6 Å². The summed E-state index contributed by atoms with van der Waals surface area (Å²) >= 11 is 0. The van der Waals surface area contributed by atoms with Gasteiger partial charge in [0, 0.05) is 0 Å². The number of amides is 2. The Morgan fingerprint density at radius 2 is 1.63 bits per heavy atom. The summed E-state index contributed by atoms with van der Waals surface area (Å²) < 4.78 is 36.8. The lowest BCUT2D eigenvalue weighted by Crippen LogP contribution is -2.30. The fraction of sp³-hybridized carbons (Fsp3) is 0.355. The first-order valence-corrected chi connectivity index (χ1v) is 15.6. The number of hydrogen-bond acceptors (Lipinski definition) is 7. The highest BCUT2D eigenvalue weighted by Crippen LogP contribution is 2.32. The van der Waals surface area contributed by atoms with Gasteiger partial charge in [0.25, 0.3) is 5.91 Å². The van der Waals surface area contributed by atoms with E-state index >= 15 is 0 Å². The molecule has 1 saturated carbocycles. The molecule has 1 unspecified atom stereocenters. The van der Waals surface area contributed by atoms with Crippen molar-refractivity contribution in [2.75, 3.05) is 6.26 Å². The third-order valence-corrected chi connectivity index (χ3v) is 7.67. The number of nitrogens with one attached hydrogen (secondary N) is 1. The van der Waals surface area contributed by atoms with Gasteiger partial charge in [-0.2, -0.15) is 0 Å². The molecule has 0 spiro atoms. The fourth-order valence-corrected chi connectivity index (χ4v) is 5.49. The van der Waals surface area contributed by atoms with E-state index in [4.69, 9.17) is 15.2 Å². The molecule has 1 fully saturated rings. The lowest BCUT2D eigenvalue weighted by molar-refractivity contribution is 0.000953. The molecule has 10 heteroatoms. The van der Waals surface area contributed by atoms with E-state index in [1.165, 1.54) is 0 Å². The number of ether oxygens (including phenoxy) is 2. The van der Waals surface area contributed by atoms with Gasteiger partial charge in [-0.15, -0.1) is 0 Å². The van der Waals surface area contributed by atoms with E-state index < -0.39 is 34.2 Å². The fourth-order valence-electron chi connectivity index (χ4n) is 5.04. The number of benzene rings is 3. The molecule has 2 atom stereocenters. The maximum Gasteiger partial charge on any atom is 0.404 e. The Bertz CT molecular complexity index is 1440. The van der Waals surface area contributed by atoms with Crippen molar-refractivity contribution in [1.82, 2.24) is 4.72 Å². The van der Waals surface area contributed by atoms with Crippen molar-refractivity contribution in [3.63, 3.8) is 0 Å². The number of carbonyl (C=O) groups excluding carboxylic acids is 2. The van der Waals surface area contributed by atoms with Crippen LogP contribution in [0.15, 0.2) is 72.8 Å². The SMILES string of the molecule is CS(=O)(=O)NC(=O)c1ccc(-c2ccc(CCC(OC(N)=O)[C@H](O)c3ccccc3)cc2)cc1OC1CCCCC1. The molecule has 0 radical (unpaired) electrons. The molecular formula is C31H36N2O7S. The first kappa shape index (κ1) is 30.1. The highest BCUT2D eigenvalue weighted by molar-refractivity contribution is 7.89. The van der Waals surface area contributed by atoms with E-state index in [0.29, 0.717) is 24.2 Å². The minimum Gasteiger partial charge on any atom is -0.490 e. The number of primary amides is 1. The first-order valence-electron chi connectivity index (χ1n) is 13.7. The van der Waals surface area contributed by atoms with Crippen molar-refractivity contribution in [1.29, 1.82) is 0 Å². The first-order chi connectivity index (χ1) is 19.6. The van der Waals surface area contributed by atoms with Crippen LogP contribution in [0.4, 0.5) is 4.79 Å².